The second kappa shape index (κ2) is 7.17. The molecule has 0 fully saturated rings. The summed E-state index contributed by atoms with van der Waals surface area (Å²) < 4.78 is 5.04. The molecule has 0 aliphatic rings. The van der Waals surface area contributed by atoms with Gasteiger partial charge in [-0.1, -0.05) is 44.2 Å². The molecule has 0 heterocycles. The Morgan fingerprint density at radius 2 is 1.83 bits per heavy atom. The third-order valence-electron chi connectivity index (χ3n) is 2.95. The highest BCUT2D eigenvalue weighted by atomic mass is 16.5. The first-order chi connectivity index (χ1) is 8.54. The Labute approximate surface area is 110 Å². The molecule has 2 atom stereocenters. The van der Waals surface area contributed by atoms with Crippen molar-refractivity contribution in [3.05, 3.63) is 35.9 Å². The van der Waals surface area contributed by atoms with E-state index in [4.69, 9.17) is 4.74 Å². The van der Waals surface area contributed by atoms with Gasteiger partial charge in [0, 0.05) is 7.11 Å². The van der Waals surface area contributed by atoms with Gasteiger partial charge in [0.15, 0.2) is 0 Å². The fourth-order valence-corrected chi connectivity index (χ4v) is 1.83. The van der Waals surface area contributed by atoms with Crippen LogP contribution in [0.25, 0.3) is 0 Å². The average molecular weight is 249 g/mol. The van der Waals surface area contributed by atoms with Crippen LogP contribution in [0, 0.1) is 5.92 Å². The Bertz CT molecular complexity index is 362. The highest BCUT2D eigenvalue weighted by Gasteiger charge is 2.19. The van der Waals surface area contributed by atoms with E-state index in [-0.39, 0.29) is 11.9 Å². The molecule has 3 heteroatoms. The molecular formula is C15H23NO2. The van der Waals surface area contributed by atoms with Crippen LogP contribution in [-0.4, -0.2) is 19.1 Å². The molecule has 0 aliphatic carbocycles. The van der Waals surface area contributed by atoms with Crippen molar-refractivity contribution in [1.82, 2.24) is 5.32 Å². The maximum absolute atomic E-state index is 11.9. The van der Waals surface area contributed by atoms with Gasteiger partial charge in [0.05, 0.1) is 6.04 Å². The summed E-state index contributed by atoms with van der Waals surface area (Å²) in [6, 6.07) is 10.1. The first-order valence-electron chi connectivity index (χ1n) is 6.42. The van der Waals surface area contributed by atoms with Crippen LogP contribution in [0.3, 0.4) is 0 Å². The van der Waals surface area contributed by atoms with Crippen LogP contribution in [0.15, 0.2) is 30.3 Å². The quantitative estimate of drug-likeness (QED) is 0.841. The van der Waals surface area contributed by atoms with E-state index in [0.717, 1.165) is 12.0 Å². The van der Waals surface area contributed by atoms with Crippen LogP contribution in [0.2, 0.25) is 0 Å². The van der Waals surface area contributed by atoms with Crippen LogP contribution in [0.5, 0.6) is 0 Å². The number of carbonyl (C=O) groups excluding carboxylic acids is 1. The summed E-state index contributed by atoms with van der Waals surface area (Å²) >= 11 is 0. The molecule has 100 valence electrons. The molecule has 18 heavy (non-hydrogen) atoms. The fourth-order valence-electron chi connectivity index (χ4n) is 1.83. The summed E-state index contributed by atoms with van der Waals surface area (Å²) in [6.07, 6.45) is 0.509. The summed E-state index contributed by atoms with van der Waals surface area (Å²) in [6.45, 7) is 6.07. The van der Waals surface area contributed by atoms with E-state index in [2.05, 4.69) is 19.2 Å². The SMILES string of the molecule is COC(C)C(=O)NC(CC(C)C)c1ccccc1. The standard InChI is InChI=1S/C15H23NO2/c1-11(2)10-14(13-8-6-5-7-9-13)16-15(17)12(3)18-4/h5-9,11-12,14H,10H2,1-4H3,(H,16,17). The number of hydrogen-bond donors (Lipinski definition) is 1. The summed E-state index contributed by atoms with van der Waals surface area (Å²) in [7, 11) is 1.55. The second-order valence-electron chi connectivity index (χ2n) is 4.98. The molecule has 2 unspecified atom stereocenters. The molecular weight excluding hydrogens is 226 g/mol. The third kappa shape index (κ3) is 4.49. The van der Waals surface area contributed by atoms with Gasteiger partial charge in [-0.05, 0) is 24.8 Å². The van der Waals surface area contributed by atoms with Gasteiger partial charge < -0.3 is 10.1 Å². The maximum Gasteiger partial charge on any atom is 0.249 e. The lowest BCUT2D eigenvalue weighted by molar-refractivity contribution is -0.130. The molecule has 1 N–H and O–H groups in total. The van der Waals surface area contributed by atoms with E-state index in [9.17, 15) is 4.79 Å². The molecule has 3 nitrogen and oxygen atoms in total. The molecule has 1 rings (SSSR count). The van der Waals surface area contributed by atoms with E-state index < -0.39 is 6.10 Å². The number of benzene rings is 1. The lowest BCUT2D eigenvalue weighted by Crippen LogP contribution is -2.37. The van der Waals surface area contributed by atoms with Gasteiger partial charge in [0.25, 0.3) is 0 Å². The predicted octanol–water partition coefficient (Wildman–Crippen LogP) is 2.92. The zero-order valence-corrected chi connectivity index (χ0v) is 11.6. The maximum atomic E-state index is 11.9. The van der Waals surface area contributed by atoms with Crippen LogP contribution in [0.4, 0.5) is 0 Å². The molecule has 0 aliphatic heterocycles. The van der Waals surface area contributed by atoms with Gasteiger partial charge in [0.2, 0.25) is 5.91 Å². The fraction of sp³-hybridized carbons (Fsp3) is 0.533. The monoisotopic (exact) mass is 249 g/mol. The molecule has 0 saturated carbocycles. The Morgan fingerprint density at radius 3 is 2.33 bits per heavy atom. The Kier molecular flexibility index (Phi) is 5.86. The average Bonchev–Trinajstić information content (AvgIpc) is 2.37. The Balaban J connectivity index is 2.77. The van der Waals surface area contributed by atoms with Gasteiger partial charge in [0.1, 0.15) is 6.10 Å². The number of nitrogens with one attached hydrogen (secondary N) is 1. The van der Waals surface area contributed by atoms with Crippen molar-refractivity contribution >= 4 is 5.91 Å². The lowest BCUT2D eigenvalue weighted by atomic mass is 9.97. The summed E-state index contributed by atoms with van der Waals surface area (Å²) in [5, 5.41) is 3.05. The Morgan fingerprint density at radius 1 is 1.22 bits per heavy atom. The first-order valence-corrected chi connectivity index (χ1v) is 6.42. The van der Waals surface area contributed by atoms with Crippen molar-refractivity contribution in [2.75, 3.05) is 7.11 Å². The number of carbonyl (C=O) groups is 1. The molecule has 1 amide bonds. The van der Waals surface area contributed by atoms with Crippen LogP contribution in [-0.2, 0) is 9.53 Å². The summed E-state index contributed by atoms with van der Waals surface area (Å²) in [5.74, 6) is 0.459. The van der Waals surface area contributed by atoms with E-state index in [0.29, 0.717) is 5.92 Å². The highest BCUT2D eigenvalue weighted by Crippen LogP contribution is 2.21. The van der Waals surface area contributed by atoms with Gasteiger partial charge in [-0.25, -0.2) is 0 Å². The number of amides is 1. The van der Waals surface area contributed by atoms with E-state index in [1.165, 1.54) is 0 Å². The Hall–Kier alpha value is -1.35. The van der Waals surface area contributed by atoms with Crippen LogP contribution < -0.4 is 5.32 Å². The molecule has 0 saturated heterocycles. The summed E-state index contributed by atoms with van der Waals surface area (Å²) in [4.78, 5) is 11.9. The van der Waals surface area contributed by atoms with Gasteiger partial charge in [-0.2, -0.15) is 0 Å². The van der Waals surface area contributed by atoms with E-state index in [1.54, 1.807) is 14.0 Å². The van der Waals surface area contributed by atoms with Crippen molar-refractivity contribution in [1.29, 1.82) is 0 Å². The molecule has 0 aromatic heterocycles. The van der Waals surface area contributed by atoms with Crippen molar-refractivity contribution in [3.8, 4) is 0 Å². The number of ether oxygens (including phenoxy) is 1. The van der Waals surface area contributed by atoms with Gasteiger partial charge in [-0.15, -0.1) is 0 Å². The molecule has 1 aromatic rings. The first kappa shape index (κ1) is 14.7. The molecule has 1 aromatic carbocycles. The van der Waals surface area contributed by atoms with E-state index >= 15 is 0 Å². The second-order valence-corrected chi connectivity index (χ2v) is 4.98. The minimum absolute atomic E-state index is 0.0521. The normalized spacial score (nSPS) is 14.3. The van der Waals surface area contributed by atoms with Crippen LogP contribution in [0.1, 0.15) is 38.8 Å². The van der Waals surface area contributed by atoms with Crippen molar-refractivity contribution in [2.24, 2.45) is 5.92 Å². The van der Waals surface area contributed by atoms with Crippen LogP contribution >= 0.6 is 0 Å². The number of rotatable bonds is 6. The number of methoxy groups -OCH3 is 1. The lowest BCUT2D eigenvalue weighted by Gasteiger charge is -2.22. The van der Waals surface area contributed by atoms with Crippen molar-refractivity contribution in [2.45, 2.75) is 39.3 Å². The minimum atomic E-state index is -0.414. The summed E-state index contributed by atoms with van der Waals surface area (Å²) in [5.41, 5.74) is 1.14. The zero-order chi connectivity index (χ0) is 13.5. The minimum Gasteiger partial charge on any atom is -0.372 e. The molecule has 0 bridgehead atoms. The van der Waals surface area contributed by atoms with E-state index in [1.807, 2.05) is 30.3 Å². The highest BCUT2D eigenvalue weighted by molar-refractivity contribution is 5.80. The smallest absolute Gasteiger partial charge is 0.249 e. The largest absolute Gasteiger partial charge is 0.372 e. The molecule has 0 spiro atoms. The van der Waals surface area contributed by atoms with Crippen molar-refractivity contribution in [3.63, 3.8) is 0 Å². The van der Waals surface area contributed by atoms with Gasteiger partial charge >= 0.3 is 0 Å². The predicted molar refractivity (Wildman–Crippen MR) is 73.3 cm³/mol. The third-order valence-corrected chi connectivity index (χ3v) is 2.95. The number of hydrogen-bond acceptors (Lipinski definition) is 2. The van der Waals surface area contributed by atoms with Crippen molar-refractivity contribution < 1.29 is 9.53 Å². The molecule has 0 radical (unpaired) electrons. The topological polar surface area (TPSA) is 38.3 Å². The zero-order valence-electron chi connectivity index (χ0n) is 11.6. The van der Waals surface area contributed by atoms with Gasteiger partial charge in [-0.3, -0.25) is 4.79 Å².